The lowest BCUT2D eigenvalue weighted by Gasteiger charge is -2.37. The lowest BCUT2D eigenvalue weighted by molar-refractivity contribution is -0.0522. The molecule has 7 heteroatoms. The molecule has 0 N–H and O–H groups in total. The summed E-state index contributed by atoms with van der Waals surface area (Å²) in [6.07, 6.45) is 4.47. The summed E-state index contributed by atoms with van der Waals surface area (Å²) in [7, 11) is -5.60. The van der Waals surface area contributed by atoms with E-state index in [9.17, 15) is 21.6 Å². The van der Waals surface area contributed by atoms with Gasteiger partial charge in [-0.25, -0.2) is 0 Å². The largest absolute Gasteiger partial charge is 0.534 e. The minimum atomic E-state index is -5.60. The fourth-order valence-electron chi connectivity index (χ4n) is 3.33. The second-order valence-electron chi connectivity index (χ2n) is 6.48. The SMILES string of the molecule is CC1=C(C(C)/C=C(\C)OS(=O)(=O)C(F)(F)F)C(C)(C)CCC1. The molecule has 128 valence electrons. The van der Waals surface area contributed by atoms with Crippen molar-refractivity contribution in [2.24, 2.45) is 11.3 Å². The predicted octanol–water partition coefficient (Wildman–Crippen LogP) is 4.92. The Kier molecular flexibility index (Phi) is 5.42. The summed E-state index contributed by atoms with van der Waals surface area (Å²) in [6.45, 7) is 9.28. The zero-order valence-corrected chi connectivity index (χ0v) is 14.4. The standard InChI is InChI=1S/C15H23F3O3S/c1-10-7-6-8-14(4,5)13(10)11(2)9-12(3)21-22(19,20)15(16,17)18/h9,11H,6-8H2,1-5H3/b12-9+. The molecule has 0 bridgehead atoms. The summed E-state index contributed by atoms with van der Waals surface area (Å²) < 4.78 is 63.1. The molecule has 0 amide bonds. The molecule has 0 aliphatic heterocycles. The Morgan fingerprint density at radius 3 is 2.36 bits per heavy atom. The second-order valence-corrected chi connectivity index (χ2v) is 8.02. The molecule has 0 heterocycles. The summed E-state index contributed by atoms with van der Waals surface area (Å²) in [5.74, 6) is -0.440. The van der Waals surface area contributed by atoms with Gasteiger partial charge in [0.15, 0.2) is 0 Å². The van der Waals surface area contributed by atoms with E-state index in [4.69, 9.17) is 0 Å². The third kappa shape index (κ3) is 4.27. The average Bonchev–Trinajstić information content (AvgIpc) is 2.23. The van der Waals surface area contributed by atoms with Gasteiger partial charge in [0.25, 0.3) is 0 Å². The van der Waals surface area contributed by atoms with Gasteiger partial charge in [0.1, 0.15) is 5.76 Å². The van der Waals surface area contributed by atoms with E-state index in [0.29, 0.717) is 0 Å². The summed E-state index contributed by atoms with van der Waals surface area (Å²) in [5.41, 5.74) is -3.11. The van der Waals surface area contributed by atoms with Crippen LogP contribution in [0.4, 0.5) is 13.2 Å². The molecule has 1 unspecified atom stereocenters. The lowest BCUT2D eigenvalue weighted by Crippen LogP contribution is -2.26. The molecule has 0 aromatic heterocycles. The molecular formula is C15H23F3O3S. The zero-order valence-electron chi connectivity index (χ0n) is 13.5. The molecule has 0 saturated carbocycles. The zero-order chi connectivity index (χ0) is 17.3. The smallest absolute Gasteiger partial charge is 0.381 e. The maximum atomic E-state index is 12.3. The number of hydrogen-bond donors (Lipinski definition) is 0. The monoisotopic (exact) mass is 340 g/mol. The highest BCUT2D eigenvalue weighted by Gasteiger charge is 2.48. The van der Waals surface area contributed by atoms with Gasteiger partial charge in [-0.2, -0.15) is 21.6 Å². The molecule has 0 saturated heterocycles. The Morgan fingerprint density at radius 2 is 1.91 bits per heavy atom. The normalized spacial score (nSPS) is 21.7. The minimum absolute atomic E-state index is 0.0541. The van der Waals surface area contributed by atoms with Gasteiger partial charge >= 0.3 is 15.6 Å². The van der Waals surface area contributed by atoms with Gasteiger partial charge in [-0.15, -0.1) is 0 Å². The van der Waals surface area contributed by atoms with Crippen molar-refractivity contribution in [3.05, 3.63) is 23.0 Å². The molecule has 1 atom stereocenters. The van der Waals surface area contributed by atoms with Gasteiger partial charge < -0.3 is 4.18 Å². The van der Waals surface area contributed by atoms with Crippen molar-refractivity contribution in [1.82, 2.24) is 0 Å². The van der Waals surface area contributed by atoms with Gasteiger partial charge in [0.05, 0.1) is 0 Å². The van der Waals surface area contributed by atoms with Crippen LogP contribution in [0.5, 0.6) is 0 Å². The van der Waals surface area contributed by atoms with Crippen molar-refractivity contribution >= 4 is 10.1 Å². The van der Waals surface area contributed by atoms with E-state index in [1.165, 1.54) is 18.6 Å². The molecule has 22 heavy (non-hydrogen) atoms. The van der Waals surface area contributed by atoms with Crippen LogP contribution in [0, 0.1) is 11.3 Å². The Bertz CT molecular complexity index is 584. The van der Waals surface area contributed by atoms with E-state index in [2.05, 4.69) is 18.0 Å². The van der Waals surface area contributed by atoms with Crippen molar-refractivity contribution < 1.29 is 25.8 Å². The van der Waals surface area contributed by atoms with Crippen LogP contribution < -0.4 is 0 Å². The molecule has 0 spiro atoms. The molecule has 0 aromatic rings. The summed E-state index contributed by atoms with van der Waals surface area (Å²) in [4.78, 5) is 0. The van der Waals surface area contributed by atoms with Gasteiger partial charge in [0, 0.05) is 0 Å². The van der Waals surface area contributed by atoms with E-state index in [0.717, 1.165) is 24.8 Å². The Morgan fingerprint density at radius 1 is 1.36 bits per heavy atom. The second kappa shape index (κ2) is 6.26. The van der Waals surface area contributed by atoms with Crippen LogP contribution in [-0.4, -0.2) is 13.9 Å². The summed E-state index contributed by atoms with van der Waals surface area (Å²) >= 11 is 0. The molecular weight excluding hydrogens is 317 g/mol. The third-order valence-electron chi connectivity index (χ3n) is 4.01. The molecule has 0 radical (unpaired) electrons. The van der Waals surface area contributed by atoms with Crippen molar-refractivity contribution in [3.8, 4) is 0 Å². The van der Waals surface area contributed by atoms with E-state index in [1.807, 2.05) is 13.8 Å². The van der Waals surface area contributed by atoms with Gasteiger partial charge in [-0.1, -0.05) is 31.9 Å². The van der Waals surface area contributed by atoms with Crippen LogP contribution in [0.15, 0.2) is 23.0 Å². The quantitative estimate of drug-likeness (QED) is 0.316. The van der Waals surface area contributed by atoms with Crippen LogP contribution in [0.3, 0.4) is 0 Å². The topological polar surface area (TPSA) is 43.4 Å². The van der Waals surface area contributed by atoms with Gasteiger partial charge in [0.2, 0.25) is 0 Å². The van der Waals surface area contributed by atoms with Crippen molar-refractivity contribution in [1.29, 1.82) is 0 Å². The molecule has 0 fully saturated rings. The first-order chi connectivity index (χ1) is 9.78. The number of rotatable bonds is 4. The van der Waals surface area contributed by atoms with Crippen LogP contribution in [0.25, 0.3) is 0 Å². The molecule has 1 aliphatic rings. The number of halogens is 3. The van der Waals surface area contributed by atoms with Crippen molar-refractivity contribution in [2.75, 3.05) is 0 Å². The van der Waals surface area contributed by atoms with E-state index in [1.54, 1.807) is 0 Å². The molecule has 0 aromatic carbocycles. The first-order valence-electron chi connectivity index (χ1n) is 7.17. The van der Waals surface area contributed by atoms with E-state index in [-0.39, 0.29) is 17.1 Å². The van der Waals surface area contributed by atoms with Crippen molar-refractivity contribution in [3.63, 3.8) is 0 Å². The fraction of sp³-hybridized carbons (Fsp3) is 0.733. The third-order valence-corrected chi connectivity index (χ3v) is 5.06. The summed E-state index contributed by atoms with van der Waals surface area (Å²) in [5, 5.41) is 0. The highest BCUT2D eigenvalue weighted by Crippen LogP contribution is 2.44. The highest BCUT2D eigenvalue weighted by atomic mass is 32.2. The summed E-state index contributed by atoms with van der Waals surface area (Å²) in [6, 6.07) is 0. The minimum Gasteiger partial charge on any atom is -0.381 e. The Balaban J connectivity index is 3.02. The van der Waals surface area contributed by atoms with Crippen LogP contribution in [0.1, 0.15) is 53.9 Å². The van der Waals surface area contributed by atoms with Crippen LogP contribution >= 0.6 is 0 Å². The Hall–Kier alpha value is -0.980. The van der Waals surface area contributed by atoms with E-state index < -0.39 is 15.6 Å². The van der Waals surface area contributed by atoms with E-state index >= 15 is 0 Å². The predicted molar refractivity (Wildman–Crippen MR) is 79.3 cm³/mol. The Labute approximate surface area is 130 Å². The molecule has 1 rings (SSSR count). The van der Waals surface area contributed by atoms with Gasteiger partial charge in [-0.05, 0) is 50.5 Å². The first-order valence-corrected chi connectivity index (χ1v) is 8.58. The van der Waals surface area contributed by atoms with Crippen molar-refractivity contribution in [2.45, 2.75) is 59.4 Å². The highest BCUT2D eigenvalue weighted by molar-refractivity contribution is 7.87. The average molecular weight is 340 g/mol. The number of allylic oxidation sites excluding steroid dienone is 4. The number of hydrogen-bond acceptors (Lipinski definition) is 3. The number of alkyl halides is 3. The van der Waals surface area contributed by atoms with Crippen LogP contribution in [-0.2, 0) is 14.3 Å². The lowest BCUT2D eigenvalue weighted by atomic mass is 9.68. The van der Waals surface area contributed by atoms with Crippen LogP contribution in [0.2, 0.25) is 0 Å². The maximum absolute atomic E-state index is 12.3. The van der Waals surface area contributed by atoms with Gasteiger partial charge in [-0.3, -0.25) is 0 Å². The fourth-order valence-corrected chi connectivity index (χ4v) is 3.83. The molecule has 3 nitrogen and oxygen atoms in total. The first kappa shape index (κ1) is 19.1. The maximum Gasteiger partial charge on any atom is 0.534 e. The molecule has 1 aliphatic carbocycles.